The van der Waals surface area contributed by atoms with Crippen molar-refractivity contribution in [3.05, 3.63) is 18.1 Å². The van der Waals surface area contributed by atoms with Crippen molar-refractivity contribution in [3.8, 4) is 0 Å². The van der Waals surface area contributed by atoms with Gasteiger partial charge < -0.3 is 10.4 Å². The van der Waals surface area contributed by atoms with E-state index in [2.05, 4.69) is 15.3 Å². The maximum absolute atomic E-state index is 10.4. The highest BCUT2D eigenvalue weighted by atomic mass is 16.4. The molecule has 0 aliphatic carbocycles. The Bertz CT molecular complexity index is 274. The van der Waals surface area contributed by atoms with Gasteiger partial charge in [0.15, 0.2) is 11.5 Å². The first-order valence-corrected chi connectivity index (χ1v) is 2.97. The van der Waals surface area contributed by atoms with E-state index in [0.29, 0.717) is 0 Å². The van der Waals surface area contributed by atoms with Gasteiger partial charge in [-0.3, -0.25) is 0 Å². The summed E-state index contributed by atoms with van der Waals surface area (Å²) in [5.41, 5.74) is -0.0602. The highest BCUT2D eigenvalue weighted by Crippen LogP contribution is 2.05. The van der Waals surface area contributed by atoms with Crippen LogP contribution in [-0.4, -0.2) is 28.1 Å². The number of rotatable bonds is 2. The molecule has 0 amide bonds. The normalized spacial score (nSPS) is 9.18. The minimum absolute atomic E-state index is 0.0602. The van der Waals surface area contributed by atoms with Gasteiger partial charge in [0, 0.05) is 19.4 Å². The van der Waals surface area contributed by atoms with Crippen molar-refractivity contribution in [2.45, 2.75) is 0 Å². The van der Waals surface area contributed by atoms with E-state index in [1.54, 1.807) is 7.05 Å². The van der Waals surface area contributed by atoms with Crippen molar-refractivity contribution in [1.29, 1.82) is 0 Å². The minimum Gasteiger partial charge on any atom is -0.476 e. The van der Waals surface area contributed by atoms with Gasteiger partial charge in [-0.2, -0.15) is 0 Å². The number of anilines is 1. The molecule has 0 saturated carbocycles. The Morgan fingerprint density at radius 1 is 1.55 bits per heavy atom. The molecule has 0 aliphatic rings. The number of hydrogen-bond acceptors (Lipinski definition) is 4. The van der Waals surface area contributed by atoms with Gasteiger partial charge in [-0.15, -0.1) is 0 Å². The summed E-state index contributed by atoms with van der Waals surface area (Å²) >= 11 is 0. The minimum atomic E-state index is -1.08. The van der Waals surface area contributed by atoms with E-state index in [0.717, 1.165) is 0 Å². The molecule has 5 heteroatoms. The number of nitrogens with one attached hydrogen (secondary N) is 1. The Labute approximate surface area is 63.1 Å². The molecule has 58 valence electrons. The molecule has 0 saturated heterocycles. The van der Waals surface area contributed by atoms with Gasteiger partial charge in [-0.25, -0.2) is 14.8 Å². The van der Waals surface area contributed by atoms with Crippen LogP contribution in [0.15, 0.2) is 12.4 Å². The lowest BCUT2D eigenvalue weighted by Gasteiger charge is -2.00. The second-order valence-electron chi connectivity index (χ2n) is 1.81. The van der Waals surface area contributed by atoms with Gasteiger partial charge in [0.05, 0.1) is 0 Å². The van der Waals surface area contributed by atoms with E-state index in [-0.39, 0.29) is 11.5 Å². The molecule has 11 heavy (non-hydrogen) atoms. The van der Waals surface area contributed by atoms with Gasteiger partial charge in [0.2, 0.25) is 0 Å². The lowest BCUT2D eigenvalue weighted by molar-refractivity contribution is 0.0691. The zero-order valence-electron chi connectivity index (χ0n) is 5.90. The first-order chi connectivity index (χ1) is 5.25. The van der Waals surface area contributed by atoms with Crippen LogP contribution >= 0.6 is 0 Å². The van der Waals surface area contributed by atoms with Crippen molar-refractivity contribution in [2.75, 3.05) is 12.4 Å². The monoisotopic (exact) mass is 153 g/mol. The fourth-order valence-electron chi connectivity index (χ4n) is 0.677. The van der Waals surface area contributed by atoms with Crippen molar-refractivity contribution in [3.63, 3.8) is 0 Å². The lowest BCUT2D eigenvalue weighted by atomic mass is 10.4. The Morgan fingerprint density at radius 3 is 2.64 bits per heavy atom. The molecule has 0 bridgehead atoms. The molecule has 0 unspecified atom stereocenters. The standard InChI is InChI=1S/C6H7N3O2/c1-7-5-4(6(10)11)8-2-3-9-5/h2-3H,1H3,(H,7,9)(H,10,11). The van der Waals surface area contributed by atoms with Crippen LogP contribution in [0.4, 0.5) is 5.82 Å². The summed E-state index contributed by atoms with van der Waals surface area (Å²) in [6, 6.07) is 0. The highest BCUT2D eigenvalue weighted by molar-refractivity contribution is 5.90. The topological polar surface area (TPSA) is 75.1 Å². The van der Waals surface area contributed by atoms with Gasteiger partial charge in [0.1, 0.15) is 0 Å². The summed E-state index contributed by atoms with van der Waals surface area (Å²) in [5.74, 6) is -0.803. The van der Waals surface area contributed by atoms with Crippen molar-refractivity contribution < 1.29 is 9.90 Å². The number of hydrogen-bond donors (Lipinski definition) is 2. The van der Waals surface area contributed by atoms with E-state index in [1.165, 1.54) is 12.4 Å². The molecule has 5 nitrogen and oxygen atoms in total. The summed E-state index contributed by atoms with van der Waals surface area (Å²) in [5, 5.41) is 11.2. The third kappa shape index (κ3) is 1.43. The number of aromatic nitrogens is 2. The zero-order chi connectivity index (χ0) is 8.27. The Hall–Kier alpha value is -1.65. The van der Waals surface area contributed by atoms with Crippen molar-refractivity contribution in [2.24, 2.45) is 0 Å². The first-order valence-electron chi connectivity index (χ1n) is 2.97. The summed E-state index contributed by atoms with van der Waals surface area (Å²) in [6.07, 6.45) is 2.77. The summed E-state index contributed by atoms with van der Waals surface area (Å²) in [6.45, 7) is 0. The summed E-state index contributed by atoms with van der Waals surface area (Å²) in [4.78, 5) is 17.8. The molecule has 2 N–H and O–H groups in total. The van der Waals surface area contributed by atoms with E-state index >= 15 is 0 Å². The summed E-state index contributed by atoms with van der Waals surface area (Å²) in [7, 11) is 1.59. The third-order valence-corrected chi connectivity index (χ3v) is 1.14. The average Bonchev–Trinajstić information content (AvgIpc) is 2.04. The highest BCUT2D eigenvalue weighted by Gasteiger charge is 2.09. The maximum atomic E-state index is 10.4. The number of carboxylic acids is 1. The smallest absolute Gasteiger partial charge is 0.358 e. The second kappa shape index (κ2) is 2.96. The molecule has 1 aromatic rings. The average molecular weight is 153 g/mol. The van der Waals surface area contributed by atoms with E-state index < -0.39 is 5.97 Å². The van der Waals surface area contributed by atoms with Crippen LogP contribution in [0.5, 0.6) is 0 Å². The first kappa shape index (κ1) is 7.46. The fourth-order valence-corrected chi connectivity index (χ4v) is 0.677. The quantitative estimate of drug-likeness (QED) is 0.635. The molecule has 1 aromatic heterocycles. The van der Waals surface area contributed by atoms with E-state index in [4.69, 9.17) is 5.11 Å². The third-order valence-electron chi connectivity index (χ3n) is 1.14. The molecule has 0 fully saturated rings. The Balaban J connectivity index is 3.12. The van der Waals surface area contributed by atoms with Crippen molar-refractivity contribution in [1.82, 2.24) is 9.97 Å². The summed E-state index contributed by atoms with van der Waals surface area (Å²) < 4.78 is 0. The van der Waals surface area contributed by atoms with Gasteiger partial charge in [-0.1, -0.05) is 0 Å². The fraction of sp³-hybridized carbons (Fsp3) is 0.167. The molecule has 0 radical (unpaired) electrons. The number of nitrogens with zero attached hydrogens (tertiary/aromatic N) is 2. The van der Waals surface area contributed by atoms with Crippen LogP contribution in [0.25, 0.3) is 0 Å². The van der Waals surface area contributed by atoms with Crippen LogP contribution < -0.4 is 5.32 Å². The van der Waals surface area contributed by atoms with Crippen LogP contribution in [0, 0.1) is 0 Å². The molecule has 0 aliphatic heterocycles. The molecular formula is C6H7N3O2. The largest absolute Gasteiger partial charge is 0.476 e. The van der Waals surface area contributed by atoms with E-state index in [9.17, 15) is 4.79 Å². The molecular weight excluding hydrogens is 146 g/mol. The van der Waals surface area contributed by atoms with Crippen LogP contribution in [-0.2, 0) is 0 Å². The van der Waals surface area contributed by atoms with Crippen LogP contribution in [0.1, 0.15) is 10.5 Å². The van der Waals surface area contributed by atoms with Crippen LogP contribution in [0.3, 0.4) is 0 Å². The molecule has 0 aromatic carbocycles. The Morgan fingerprint density at radius 2 is 2.18 bits per heavy atom. The number of carbonyl (C=O) groups is 1. The van der Waals surface area contributed by atoms with Gasteiger partial charge >= 0.3 is 5.97 Å². The molecule has 0 atom stereocenters. The molecule has 1 heterocycles. The molecule has 0 spiro atoms. The van der Waals surface area contributed by atoms with Crippen LogP contribution in [0.2, 0.25) is 0 Å². The number of carboxylic acid groups (broad SMARTS) is 1. The number of aromatic carboxylic acids is 1. The molecule has 1 rings (SSSR count). The second-order valence-corrected chi connectivity index (χ2v) is 1.81. The predicted octanol–water partition coefficient (Wildman–Crippen LogP) is 0.216. The zero-order valence-corrected chi connectivity index (χ0v) is 5.90. The maximum Gasteiger partial charge on any atom is 0.358 e. The lowest BCUT2D eigenvalue weighted by Crippen LogP contribution is -2.06. The Kier molecular flexibility index (Phi) is 2.00. The van der Waals surface area contributed by atoms with Gasteiger partial charge in [0.25, 0.3) is 0 Å². The SMILES string of the molecule is CNc1nccnc1C(=O)O. The predicted molar refractivity (Wildman–Crippen MR) is 38.5 cm³/mol. The van der Waals surface area contributed by atoms with E-state index in [1.807, 2.05) is 0 Å². The van der Waals surface area contributed by atoms with Gasteiger partial charge in [-0.05, 0) is 0 Å². The van der Waals surface area contributed by atoms with Crippen molar-refractivity contribution >= 4 is 11.8 Å².